The highest BCUT2D eigenvalue weighted by Gasteiger charge is 2.32. The molecule has 106 valence electrons. The minimum Gasteiger partial charge on any atom is -0.506 e. The number of aliphatic hydroxyl groups is 1. The number of pyridine rings is 2. The molecule has 0 spiro atoms. The van der Waals surface area contributed by atoms with Crippen molar-refractivity contribution in [2.75, 3.05) is 0 Å². The monoisotopic (exact) mass is 288 g/mol. The molecule has 0 fully saturated rings. The minimum absolute atomic E-state index is 0.0485. The van der Waals surface area contributed by atoms with Gasteiger partial charge in [-0.3, -0.25) is 9.78 Å². The van der Waals surface area contributed by atoms with Crippen LogP contribution in [0.4, 0.5) is 0 Å². The molecule has 0 saturated heterocycles. The van der Waals surface area contributed by atoms with Gasteiger partial charge < -0.3 is 5.11 Å². The summed E-state index contributed by atoms with van der Waals surface area (Å²) < 4.78 is 0. The number of carbonyl (C=O) groups is 1. The van der Waals surface area contributed by atoms with E-state index in [1.54, 1.807) is 24.4 Å². The highest BCUT2D eigenvalue weighted by Crippen LogP contribution is 2.35. The first-order chi connectivity index (χ1) is 10.6. The summed E-state index contributed by atoms with van der Waals surface area (Å²) in [5.74, 6) is -0.333. The van der Waals surface area contributed by atoms with Gasteiger partial charge in [0.25, 0.3) is 0 Å². The van der Waals surface area contributed by atoms with Gasteiger partial charge in [-0.25, -0.2) is 4.98 Å². The molecular weight excluding hydrogens is 276 g/mol. The van der Waals surface area contributed by atoms with Gasteiger partial charge >= 0.3 is 0 Å². The van der Waals surface area contributed by atoms with Gasteiger partial charge in [0.2, 0.25) is 5.78 Å². The number of aliphatic hydroxyl groups excluding tert-OH is 1. The van der Waals surface area contributed by atoms with E-state index in [-0.39, 0.29) is 22.8 Å². The first-order valence-corrected chi connectivity index (χ1v) is 6.96. The van der Waals surface area contributed by atoms with Gasteiger partial charge in [0.1, 0.15) is 11.5 Å². The normalized spacial score (nSPS) is 13.8. The van der Waals surface area contributed by atoms with E-state index < -0.39 is 0 Å². The molecule has 0 saturated carbocycles. The fourth-order valence-electron chi connectivity index (χ4n) is 2.74. The summed E-state index contributed by atoms with van der Waals surface area (Å²) in [6.45, 7) is 1.99. The van der Waals surface area contributed by atoms with Gasteiger partial charge in [-0.2, -0.15) is 0 Å². The Morgan fingerprint density at radius 2 is 1.91 bits per heavy atom. The van der Waals surface area contributed by atoms with Crippen LogP contribution in [0.5, 0.6) is 0 Å². The lowest BCUT2D eigenvalue weighted by molar-refractivity contribution is 0.105. The number of hydrogen-bond acceptors (Lipinski definition) is 4. The average Bonchev–Trinajstić information content (AvgIpc) is 2.79. The van der Waals surface area contributed by atoms with Crippen LogP contribution in [0, 0.1) is 6.92 Å². The van der Waals surface area contributed by atoms with Crippen molar-refractivity contribution >= 4 is 28.0 Å². The predicted octanol–water partition coefficient (Wildman–Crippen LogP) is 3.56. The van der Waals surface area contributed by atoms with Crippen LogP contribution < -0.4 is 0 Å². The molecule has 0 radical (unpaired) electrons. The number of Topliss-reactive ketones (excluding diaryl/α,β-unsaturated/α-hetero) is 1. The first-order valence-electron chi connectivity index (χ1n) is 6.96. The molecule has 0 amide bonds. The molecule has 2 heterocycles. The van der Waals surface area contributed by atoms with Crippen LogP contribution in [0.2, 0.25) is 0 Å². The maximum absolute atomic E-state index is 12.5. The Balaban J connectivity index is 1.93. The summed E-state index contributed by atoms with van der Waals surface area (Å²) >= 11 is 0. The highest BCUT2D eigenvalue weighted by molar-refractivity contribution is 6.37. The molecule has 1 aliphatic rings. The molecule has 22 heavy (non-hydrogen) atoms. The molecule has 4 heteroatoms. The van der Waals surface area contributed by atoms with Crippen molar-refractivity contribution in [3.8, 4) is 0 Å². The van der Waals surface area contributed by atoms with Crippen molar-refractivity contribution in [1.29, 1.82) is 0 Å². The van der Waals surface area contributed by atoms with E-state index in [1.165, 1.54) is 0 Å². The molecule has 0 unspecified atom stereocenters. The second kappa shape index (κ2) is 4.49. The molecule has 0 aliphatic heterocycles. The van der Waals surface area contributed by atoms with Crippen LogP contribution in [-0.2, 0) is 0 Å². The lowest BCUT2D eigenvalue weighted by atomic mass is 10.1. The Morgan fingerprint density at radius 3 is 2.73 bits per heavy atom. The second-order valence-corrected chi connectivity index (χ2v) is 5.34. The van der Waals surface area contributed by atoms with E-state index in [9.17, 15) is 9.90 Å². The number of aromatic nitrogens is 2. The van der Waals surface area contributed by atoms with Crippen LogP contribution >= 0.6 is 0 Å². The lowest BCUT2D eigenvalue weighted by Crippen LogP contribution is -2.02. The van der Waals surface area contributed by atoms with Gasteiger partial charge in [-0.15, -0.1) is 0 Å². The summed E-state index contributed by atoms with van der Waals surface area (Å²) in [7, 11) is 0. The molecule has 3 aromatic rings. The van der Waals surface area contributed by atoms with Crippen molar-refractivity contribution in [1.82, 2.24) is 9.97 Å². The maximum Gasteiger partial charge on any atom is 0.218 e. The van der Waals surface area contributed by atoms with E-state index in [1.807, 2.05) is 31.2 Å². The standard InChI is InChI=1S/C18H12N2O2/c1-10-4-5-11-6-7-13(20-14(11)9-10)15-17(21)12-3-2-8-19-16(12)18(15)22/h2-9,21H,1H3. The third-order valence-corrected chi connectivity index (χ3v) is 3.85. The Labute approximate surface area is 126 Å². The van der Waals surface area contributed by atoms with Crippen LogP contribution in [0.15, 0.2) is 48.7 Å². The van der Waals surface area contributed by atoms with E-state index in [0.29, 0.717) is 11.3 Å². The van der Waals surface area contributed by atoms with Crippen LogP contribution in [-0.4, -0.2) is 20.9 Å². The van der Waals surface area contributed by atoms with E-state index in [0.717, 1.165) is 16.5 Å². The molecular formula is C18H12N2O2. The predicted molar refractivity (Wildman–Crippen MR) is 84.5 cm³/mol. The van der Waals surface area contributed by atoms with Crippen molar-refractivity contribution in [2.45, 2.75) is 6.92 Å². The Hall–Kier alpha value is -3.01. The summed E-state index contributed by atoms with van der Waals surface area (Å²) in [5, 5.41) is 11.4. The van der Waals surface area contributed by atoms with E-state index in [2.05, 4.69) is 9.97 Å². The van der Waals surface area contributed by atoms with Crippen molar-refractivity contribution < 1.29 is 9.90 Å². The van der Waals surface area contributed by atoms with Crippen molar-refractivity contribution in [3.63, 3.8) is 0 Å². The molecule has 4 rings (SSSR count). The number of carbonyl (C=O) groups excluding carboxylic acids is 1. The third-order valence-electron chi connectivity index (χ3n) is 3.85. The Kier molecular flexibility index (Phi) is 2.60. The smallest absolute Gasteiger partial charge is 0.218 e. The maximum atomic E-state index is 12.5. The van der Waals surface area contributed by atoms with E-state index in [4.69, 9.17) is 0 Å². The quantitative estimate of drug-likeness (QED) is 0.743. The number of aryl methyl sites for hydroxylation is 1. The second-order valence-electron chi connectivity index (χ2n) is 5.34. The Morgan fingerprint density at radius 1 is 1.09 bits per heavy atom. The minimum atomic E-state index is -0.285. The number of allylic oxidation sites excluding steroid dienone is 1. The van der Waals surface area contributed by atoms with Gasteiger partial charge in [0.05, 0.1) is 16.8 Å². The first kappa shape index (κ1) is 12.7. The largest absolute Gasteiger partial charge is 0.506 e. The summed E-state index contributed by atoms with van der Waals surface area (Å²) in [4.78, 5) is 21.1. The molecule has 1 aromatic carbocycles. The summed E-state index contributed by atoms with van der Waals surface area (Å²) in [5.41, 5.74) is 3.33. The number of nitrogens with zero attached hydrogens (tertiary/aromatic N) is 2. The van der Waals surface area contributed by atoms with Crippen molar-refractivity contribution in [3.05, 3.63) is 71.2 Å². The van der Waals surface area contributed by atoms with Crippen LogP contribution in [0.1, 0.15) is 27.3 Å². The molecule has 0 atom stereocenters. The van der Waals surface area contributed by atoms with Gasteiger partial charge in [0, 0.05) is 17.1 Å². The topological polar surface area (TPSA) is 63.1 Å². The highest BCUT2D eigenvalue weighted by atomic mass is 16.3. The third kappa shape index (κ3) is 1.74. The fraction of sp³-hybridized carbons (Fsp3) is 0.0556. The van der Waals surface area contributed by atoms with Gasteiger partial charge in [-0.1, -0.05) is 18.2 Å². The van der Waals surface area contributed by atoms with Crippen LogP contribution in [0.25, 0.3) is 22.2 Å². The molecule has 0 bridgehead atoms. The Bertz CT molecular complexity index is 974. The molecule has 1 N–H and O–H groups in total. The lowest BCUT2D eigenvalue weighted by Gasteiger charge is -2.04. The van der Waals surface area contributed by atoms with Gasteiger partial charge in [-0.05, 0) is 36.8 Å². The zero-order valence-corrected chi connectivity index (χ0v) is 11.9. The molecule has 1 aliphatic carbocycles. The average molecular weight is 288 g/mol. The number of rotatable bonds is 1. The zero-order valence-electron chi connectivity index (χ0n) is 11.9. The zero-order chi connectivity index (χ0) is 15.3. The SMILES string of the molecule is Cc1ccc2ccc(C3=C(O)c4cccnc4C3=O)nc2c1. The summed E-state index contributed by atoms with van der Waals surface area (Å²) in [6.07, 6.45) is 1.55. The van der Waals surface area contributed by atoms with Crippen LogP contribution in [0.3, 0.4) is 0 Å². The van der Waals surface area contributed by atoms with E-state index >= 15 is 0 Å². The molecule has 2 aromatic heterocycles. The number of benzene rings is 1. The summed E-state index contributed by atoms with van der Waals surface area (Å²) in [6, 6.07) is 13.0. The van der Waals surface area contributed by atoms with Gasteiger partial charge in [0.15, 0.2) is 0 Å². The number of ketones is 1. The van der Waals surface area contributed by atoms with Crippen molar-refractivity contribution in [2.24, 2.45) is 0 Å². The number of fused-ring (bicyclic) bond motifs is 2. The number of hydrogen-bond donors (Lipinski definition) is 1. The fourth-order valence-corrected chi connectivity index (χ4v) is 2.74. The molecule has 4 nitrogen and oxygen atoms in total.